The van der Waals surface area contributed by atoms with Gasteiger partial charge in [0.2, 0.25) is 0 Å². The van der Waals surface area contributed by atoms with Crippen LogP contribution in [0.1, 0.15) is 17.3 Å². The molecule has 0 saturated carbocycles. The molecule has 0 aromatic heterocycles. The van der Waals surface area contributed by atoms with Crippen LogP contribution in [0.3, 0.4) is 0 Å². The van der Waals surface area contributed by atoms with Crippen molar-refractivity contribution in [1.29, 1.82) is 5.26 Å². The van der Waals surface area contributed by atoms with Crippen molar-refractivity contribution < 1.29 is 9.59 Å². The Morgan fingerprint density at radius 1 is 1.00 bits per heavy atom. The fourth-order valence-electron chi connectivity index (χ4n) is 2.15. The first-order valence-electron chi connectivity index (χ1n) is 7.97. The van der Waals surface area contributed by atoms with E-state index >= 15 is 0 Å². The Kier molecular flexibility index (Phi) is 6.12. The number of nitrogens with zero attached hydrogens (tertiary/aromatic N) is 2. The van der Waals surface area contributed by atoms with Crippen molar-refractivity contribution in [2.45, 2.75) is 6.92 Å². The first-order valence-corrected chi connectivity index (χ1v) is 7.97. The minimum Gasteiger partial charge on any atom is -0.378 e. The summed E-state index contributed by atoms with van der Waals surface area (Å²) in [5.41, 5.74) is 2.82. The molecule has 0 spiro atoms. The number of carbonyl (C=O) groups is 2. The van der Waals surface area contributed by atoms with Crippen LogP contribution in [0.25, 0.3) is 0 Å². The van der Waals surface area contributed by atoms with Gasteiger partial charge in [-0.15, -0.1) is 0 Å². The molecule has 6 nitrogen and oxygen atoms in total. The Morgan fingerprint density at radius 2 is 1.58 bits per heavy atom. The molecule has 0 saturated heterocycles. The summed E-state index contributed by atoms with van der Waals surface area (Å²) in [5, 5.41) is 14.8. The monoisotopic (exact) mass is 348 g/mol. The molecule has 26 heavy (non-hydrogen) atoms. The topological polar surface area (TPSA) is 85.2 Å². The number of hydrogen-bond donors (Lipinski definition) is 2. The lowest BCUT2D eigenvalue weighted by atomic mass is 10.1. The van der Waals surface area contributed by atoms with Gasteiger partial charge >= 0.3 is 0 Å². The largest absolute Gasteiger partial charge is 0.378 e. The van der Waals surface area contributed by atoms with Gasteiger partial charge in [0.15, 0.2) is 5.78 Å². The van der Waals surface area contributed by atoms with E-state index in [1.54, 1.807) is 24.3 Å². The summed E-state index contributed by atoms with van der Waals surface area (Å²) in [5.74, 6) is -0.578. The van der Waals surface area contributed by atoms with Crippen LogP contribution in [-0.4, -0.2) is 25.8 Å². The van der Waals surface area contributed by atoms with Crippen LogP contribution in [0, 0.1) is 11.3 Å². The molecule has 2 rings (SSSR count). The molecule has 2 aromatic carbocycles. The predicted octanol–water partition coefficient (Wildman–Crippen LogP) is 3.41. The van der Waals surface area contributed by atoms with E-state index in [4.69, 9.17) is 0 Å². The summed E-state index contributed by atoms with van der Waals surface area (Å²) in [6.07, 6.45) is 1.37. The highest BCUT2D eigenvalue weighted by Gasteiger charge is 2.09. The third-order valence-electron chi connectivity index (χ3n) is 3.68. The minimum atomic E-state index is -0.527. The molecule has 1 amide bonds. The molecule has 0 unspecified atom stereocenters. The van der Waals surface area contributed by atoms with Gasteiger partial charge in [-0.1, -0.05) is 0 Å². The Morgan fingerprint density at radius 3 is 2.08 bits per heavy atom. The maximum atomic E-state index is 12.2. The van der Waals surface area contributed by atoms with Gasteiger partial charge in [0, 0.05) is 42.9 Å². The number of carbonyl (C=O) groups excluding carboxylic acids is 2. The summed E-state index contributed by atoms with van der Waals surface area (Å²) in [6, 6.07) is 15.9. The second-order valence-electron chi connectivity index (χ2n) is 5.84. The van der Waals surface area contributed by atoms with E-state index in [1.165, 1.54) is 13.1 Å². The molecular weight excluding hydrogens is 328 g/mol. The number of nitrogens with one attached hydrogen (secondary N) is 2. The van der Waals surface area contributed by atoms with E-state index in [-0.39, 0.29) is 11.4 Å². The molecule has 0 aliphatic heterocycles. The van der Waals surface area contributed by atoms with Gasteiger partial charge in [-0.25, -0.2) is 0 Å². The van der Waals surface area contributed by atoms with Gasteiger partial charge in [-0.05, 0) is 55.5 Å². The Bertz CT molecular complexity index is 860. The molecule has 6 heteroatoms. The maximum absolute atomic E-state index is 12.2. The molecule has 0 aliphatic rings. The molecule has 0 atom stereocenters. The molecule has 0 radical (unpaired) electrons. The lowest BCUT2D eigenvalue weighted by Gasteiger charge is -2.12. The molecule has 132 valence electrons. The highest BCUT2D eigenvalue weighted by molar-refractivity contribution is 6.07. The van der Waals surface area contributed by atoms with E-state index in [1.807, 2.05) is 49.3 Å². The number of benzene rings is 2. The van der Waals surface area contributed by atoms with Crippen molar-refractivity contribution in [2.75, 3.05) is 29.6 Å². The Balaban J connectivity index is 2.04. The summed E-state index contributed by atoms with van der Waals surface area (Å²) in [4.78, 5) is 25.5. The molecule has 0 fully saturated rings. The smallest absolute Gasteiger partial charge is 0.267 e. The average molecular weight is 348 g/mol. The molecular formula is C20H20N4O2. The van der Waals surface area contributed by atoms with Crippen molar-refractivity contribution in [2.24, 2.45) is 0 Å². The van der Waals surface area contributed by atoms with Crippen LogP contribution in [-0.2, 0) is 4.79 Å². The predicted molar refractivity (Wildman–Crippen MR) is 103 cm³/mol. The van der Waals surface area contributed by atoms with E-state index in [0.717, 1.165) is 11.4 Å². The number of hydrogen-bond acceptors (Lipinski definition) is 5. The van der Waals surface area contributed by atoms with Gasteiger partial charge in [-0.2, -0.15) is 5.26 Å². The zero-order valence-electron chi connectivity index (χ0n) is 14.9. The lowest BCUT2D eigenvalue weighted by molar-refractivity contribution is -0.112. The van der Waals surface area contributed by atoms with Crippen molar-refractivity contribution in [1.82, 2.24) is 0 Å². The minimum absolute atomic E-state index is 0.0510. The highest BCUT2D eigenvalue weighted by atomic mass is 16.1. The van der Waals surface area contributed by atoms with Gasteiger partial charge < -0.3 is 15.5 Å². The normalized spacial score (nSPS) is 10.6. The molecule has 0 aliphatic carbocycles. The second-order valence-corrected chi connectivity index (χ2v) is 5.84. The van der Waals surface area contributed by atoms with Crippen LogP contribution in [0.4, 0.5) is 17.1 Å². The number of anilines is 3. The zero-order chi connectivity index (χ0) is 19.1. The third kappa shape index (κ3) is 4.95. The fraction of sp³-hybridized carbons (Fsp3) is 0.150. The van der Waals surface area contributed by atoms with Crippen LogP contribution in [0.15, 0.2) is 60.3 Å². The van der Waals surface area contributed by atoms with Crippen LogP contribution in [0.5, 0.6) is 0 Å². The van der Waals surface area contributed by atoms with Crippen LogP contribution < -0.4 is 15.5 Å². The van der Waals surface area contributed by atoms with E-state index < -0.39 is 5.91 Å². The number of nitriles is 1. The SMILES string of the molecule is CC(=O)c1ccc(NC(=O)/C(C#N)=C\Nc2ccc(N(C)C)cc2)cc1. The van der Waals surface area contributed by atoms with Crippen LogP contribution in [0.2, 0.25) is 0 Å². The van der Waals surface area contributed by atoms with Gasteiger partial charge in [0.05, 0.1) is 0 Å². The first kappa shape index (κ1) is 18.7. The summed E-state index contributed by atoms with van der Waals surface area (Å²) in [6.45, 7) is 1.47. The number of ketones is 1. The van der Waals surface area contributed by atoms with Crippen molar-refractivity contribution in [3.05, 3.63) is 65.9 Å². The fourth-order valence-corrected chi connectivity index (χ4v) is 2.15. The van der Waals surface area contributed by atoms with Gasteiger partial charge in [0.1, 0.15) is 11.6 Å². The molecule has 0 bridgehead atoms. The first-order chi connectivity index (χ1) is 12.4. The number of Topliss-reactive ketones (excluding diaryl/α,β-unsaturated/α-hetero) is 1. The molecule has 2 N–H and O–H groups in total. The number of amides is 1. The van der Waals surface area contributed by atoms with Crippen molar-refractivity contribution >= 4 is 28.8 Å². The average Bonchev–Trinajstić information content (AvgIpc) is 2.63. The lowest BCUT2D eigenvalue weighted by Crippen LogP contribution is -2.14. The third-order valence-corrected chi connectivity index (χ3v) is 3.68. The standard InChI is InChI=1S/C20H20N4O2/c1-14(25)15-4-6-18(7-5-15)23-20(26)16(12-21)13-22-17-8-10-19(11-9-17)24(2)3/h4-11,13,22H,1-3H3,(H,23,26)/b16-13-. The second kappa shape index (κ2) is 8.49. The maximum Gasteiger partial charge on any atom is 0.267 e. The van der Waals surface area contributed by atoms with Crippen molar-refractivity contribution in [3.63, 3.8) is 0 Å². The Labute approximate surface area is 152 Å². The van der Waals surface area contributed by atoms with E-state index in [2.05, 4.69) is 10.6 Å². The highest BCUT2D eigenvalue weighted by Crippen LogP contribution is 2.16. The molecule has 0 heterocycles. The Hall–Kier alpha value is -3.59. The van der Waals surface area contributed by atoms with Crippen LogP contribution >= 0.6 is 0 Å². The summed E-state index contributed by atoms with van der Waals surface area (Å²) in [7, 11) is 3.90. The summed E-state index contributed by atoms with van der Waals surface area (Å²) < 4.78 is 0. The van der Waals surface area contributed by atoms with Gasteiger partial charge in [0.25, 0.3) is 5.91 Å². The quantitative estimate of drug-likeness (QED) is 0.475. The van der Waals surface area contributed by atoms with E-state index in [9.17, 15) is 14.9 Å². The van der Waals surface area contributed by atoms with E-state index in [0.29, 0.717) is 11.3 Å². The zero-order valence-corrected chi connectivity index (χ0v) is 14.9. The van der Waals surface area contributed by atoms with Gasteiger partial charge in [-0.3, -0.25) is 9.59 Å². The summed E-state index contributed by atoms with van der Waals surface area (Å²) >= 11 is 0. The van der Waals surface area contributed by atoms with Crippen molar-refractivity contribution in [3.8, 4) is 6.07 Å². The number of rotatable bonds is 6. The molecule has 2 aromatic rings.